The lowest BCUT2D eigenvalue weighted by molar-refractivity contribution is 0.242. The molecule has 90 valence electrons. The molecule has 0 aliphatic carbocycles. The Morgan fingerprint density at radius 1 is 1.56 bits per heavy atom. The van der Waals surface area contributed by atoms with Crippen molar-refractivity contribution >= 4 is 23.4 Å². The molecule has 0 amide bonds. The summed E-state index contributed by atoms with van der Waals surface area (Å²) in [6.07, 6.45) is 5.11. The summed E-state index contributed by atoms with van der Waals surface area (Å²) in [5.41, 5.74) is 1.03. The van der Waals surface area contributed by atoms with Gasteiger partial charge in [0.1, 0.15) is 0 Å². The third-order valence-electron chi connectivity index (χ3n) is 2.68. The molecule has 0 bridgehead atoms. The van der Waals surface area contributed by atoms with Crippen molar-refractivity contribution in [2.24, 2.45) is 0 Å². The van der Waals surface area contributed by atoms with Crippen molar-refractivity contribution in [2.45, 2.75) is 25.9 Å². The highest BCUT2D eigenvalue weighted by Crippen LogP contribution is 2.12. The SMILES string of the molecule is CSCCC(C)N(C)Cc1cc(Cl)ccn1. The van der Waals surface area contributed by atoms with Crippen molar-refractivity contribution in [3.05, 3.63) is 29.0 Å². The fourth-order valence-electron chi connectivity index (χ4n) is 1.46. The normalized spacial score (nSPS) is 13.1. The minimum atomic E-state index is 0.577. The highest BCUT2D eigenvalue weighted by Gasteiger charge is 2.09. The Hall–Kier alpha value is -0.250. The van der Waals surface area contributed by atoms with Crippen molar-refractivity contribution in [1.29, 1.82) is 0 Å². The Morgan fingerprint density at radius 2 is 2.31 bits per heavy atom. The van der Waals surface area contributed by atoms with Gasteiger partial charge in [0.25, 0.3) is 0 Å². The van der Waals surface area contributed by atoms with Crippen LogP contribution in [0.2, 0.25) is 5.02 Å². The molecule has 0 fully saturated rings. The van der Waals surface area contributed by atoms with Crippen LogP contribution < -0.4 is 0 Å². The second-order valence-electron chi connectivity index (χ2n) is 4.01. The average molecular weight is 259 g/mol. The van der Waals surface area contributed by atoms with E-state index < -0.39 is 0 Å². The number of hydrogen-bond acceptors (Lipinski definition) is 3. The van der Waals surface area contributed by atoms with Crippen molar-refractivity contribution in [1.82, 2.24) is 9.88 Å². The van der Waals surface area contributed by atoms with Crippen LogP contribution in [-0.2, 0) is 6.54 Å². The monoisotopic (exact) mass is 258 g/mol. The molecule has 0 N–H and O–H groups in total. The van der Waals surface area contributed by atoms with Gasteiger partial charge in [-0.05, 0) is 44.5 Å². The Balaban J connectivity index is 2.47. The smallest absolute Gasteiger partial charge is 0.0558 e. The maximum atomic E-state index is 5.93. The number of nitrogens with zero attached hydrogens (tertiary/aromatic N) is 2. The quantitative estimate of drug-likeness (QED) is 0.779. The van der Waals surface area contributed by atoms with E-state index in [2.05, 4.69) is 30.1 Å². The van der Waals surface area contributed by atoms with Crippen LogP contribution in [0.25, 0.3) is 0 Å². The third kappa shape index (κ3) is 4.73. The molecule has 1 rings (SSSR count). The highest BCUT2D eigenvalue weighted by molar-refractivity contribution is 7.98. The van der Waals surface area contributed by atoms with Crippen LogP contribution in [0.1, 0.15) is 19.0 Å². The fourth-order valence-corrected chi connectivity index (χ4v) is 2.21. The van der Waals surface area contributed by atoms with Crippen LogP contribution in [0.4, 0.5) is 0 Å². The number of thioether (sulfide) groups is 1. The van der Waals surface area contributed by atoms with Crippen molar-refractivity contribution < 1.29 is 0 Å². The number of aromatic nitrogens is 1. The minimum Gasteiger partial charge on any atom is -0.298 e. The Labute approximate surface area is 107 Å². The maximum Gasteiger partial charge on any atom is 0.0558 e. The van der Waals surface area contributed by atoms with Crippen LogP contribution in [-0.4, -0.2) is 35.0 Å². The second-order valence-corrected chi connectivity index (χ2v) is 5.43. The van der Waals surface area contributed by atoms with E-state index >= 15 is 0 Å². The van der Waals surface area contributed by atoms with Crippen molar-refractivity contribution in [2.75, 3.05) is 19.1 Å². The zero-order chi connectivity index (χ0) is 12.0. The molecule has 0 aliphatic heterocycles. The van der Waals surface area contributed by atoms with E-state index in [1.54, 1.807) is 6.20 Å². The Bertz CT molecular complexity index is 320. The standard InChI is InChI=1S/C12H19ClN2S/c1-10(5-7-16-3)15(2)9-12-8-11(13)4-6-14-12/h4,6,8,10H,5,7,9H2,1-3H3. The molecule has 0 spiro atoms. The second kappa shape index (κ2) is 7.15. The molecule has 0 radical (unpaired) electrons. The molecular weight excluding hydrogens is 240 g/mol. The number of halogens is 1. The minimum absolute atomic E-state index is 0.577. The summed E-state index contributed by atoms with van der Waals surface area (Å²) in [6, 6.07) is 4.31. The number of pyridine rings is 1. The van der Waals surface area contributed by atoms with Gasteiger partial charge >= 0.3 is 0 Å². The molecular formula is C12H19ClN2S. The highest BCUT2D eigenvalue weighted by atomic mass is 35.5. The van der Waals surface area contributed by atoms with E-state index in [0.29, 0.717) is 6.04 Å². The van der Waals surface area contributed by atoms with E-state index in [1.165, 1.54) is 12.2 Å². The zero-order valence-corrected chi connectivity index (χ0v) is 11.7. The van der Waals surface area contributed by atoms with Crippen LogP contribution in [0.3, 0.4) is 0 Å². The molecule has 1 heterocycles. The van der Waals surface area contributed by atoms with Crippen LogP contribution in [0, 0.1) is 0 Å². The van der Waals surface area contributed by atoms with Gasteiger partial charge in [-0.1, -0.05) is 11.6 Å². The molecule has 1 unspecified atom stereocenters. The van der Waals surface area contributed by atoms with Crippen LogP contribution in [0.5, 0.6) is 0 Å². The van der Waals surface area contributed by atoms with Crippen molar-refractivity contribution in [3.8, 4) is 0 Å². The molecule has 0 aliphatic rings. The summed E-state index contributed by atoms with van der Waals surface area (Å²) in [6.45, 7) is 3.11. The van der Waals surface area contributed by atoms with Gasteiger partial charge in [-0.15, -0.1) is 0 Å². The van der Waals surface area contributed by atoms with Gasteiger partial charge in [-0.25, -0.2) is 0 Å². The maximum absolute atomic E-state index is 5.93. The average Bonchev–Trinajstić information content (AvgIpc) is 2.25. The number of hydrogen-bond donors (Lipinski definition) is 0. The molecule has 0 saturated carbocycles. The van der Waals surface area contributed by atoms with Gasteiger partial charge < -0.3 is 0 Å². The van der Waals surface area contributed by atoms with Gasteiger partial charge in [-0.2, -0.15) is 11.8 Å². The first kappa shape index (κ1) is 13.8. The summed E-state index contributed by atoms with van der Waals surface area (Å²) < 4.78 is 0. The molecule has 1 atom stereocenters. The predicted octanol–water partition coefficient (Wildman–Crippen LogP) is 3.31. The largest absolute Gasteiger partial charge is 0.298 e. The first-order valence-electron chi connectivity index (χ1n) is 5.43. The van der Waals surface area contributed by atoms with Crippen LogP contribution >= 0.6 is 23.4 Å². The van der Waals surface area contributed by atoms with Gasteiger partial charge in [0.2, 0.25) is 0 Å². The summed E-state index contributed by atoms with van der Waals surface area (Å²) in [7, 11) is 2.13. The van der Waals surface area contributed by atoms with E-state index in [1.807, 2.05) is 23.9 Å². The lowest BCUT2D eigenvalue weighted by Crippen LogP contribution is -2.29. The topological polar surface area (TPSA) is 16.1 Å². The van der Waals surface area contributed by atoms with Crippen molar-refractivity contribution in [3.63, 3.8) is 0 Å². The lowest BCUT2D eigenvalue weighted by atomic mass is 10.2. The van der Waals surface area contributed by atoms with E-state index in [0.717, 1.165) is 17.3 Å². The molecule has 4 heteroatoms. The molecule has 0 aromatic carbocycles. The molecule has 1 aromatic rings. The third-order valence-corrected chi connectivity index (χ3v) is 3.56. The number of rotatable bonds is 6. The summed E-state index contributed by atoms with van der Waals surface area (Å²) in [4.78, 5) is 6.63. The van der Waals surface area contributed by atoms with Crippen LogP contribution in [0.15, 0.2) is 18.3 Å². The molecule has 2 nitrogen and oxygen atoms in total. The van der Waals surface area contributed by atoms with E-state index in [-0.39, 0.29) is 0 Å². The molecule has 0 saturated heterocycles. The fraction of sp³-hybridized carbons (Fsp3) is 0.583. The van der Waals surface area contributed by atoms with Gasteiger partial charge in [0, 0.05) is 23.8 Å². The zero-order valence-electron chi connectivity index (χ0n) is 10.1. The van der Waals surface area contributed by atoms with Gasteiger partial charge in [-0.3, -0.25) is 9.88 Å². The predicted molar refractivity (Wildman–Crippen MR) is 73.2 cm³/mol. The van der Waals surface area contributed by atoms with Gasteiger partial charge in [0.05, 0.1) is 5.69 Å². The molecule has 16 heavy (non-hydrogen) atoms. The first-order valence-corrected chi connectivity index (χ1v) is 7.20. The van der Waals surface area contributed by atoms with Gasteiger partial charge in [0.15, 0.2) is 0 Å². The summed E-state index contributed by atoms with van der Waals surface area (Å²) in [5.74, 6) is 1.20. The lowest BCUT2D eigenvalue weighted by Gasteiger charge is -2.24. The summed E-state index contributed by atoms with van der Waals surface area (Å²) in [5, 5.41) is 0.759. The first-order chi connectivity index (χ1) is 7.63. The molecule has 1 aromatic heterocycles. The summed E-state index contributed by atoms with van der Waals surface area (Å²) >= 11 is 7.82. The Morgan fingerprint density at radius 3 is 2.94 bits per heavy atom. The van der Waals surface area contributed by atoms with E-state index in [4.69, 9.17) is 11.6 Å². The van der Waals surface area contributed by atoms with E-state index in [9.17, 15) is 0 Å². The Kier molecular flexibility index (Phi) is 6.17.